The van der Waals surface area contributed by atoms with Gasteiger partial charge in [0.05, 0.1) is 12.7 Å². The molecule has 0 saturated carbocycles. The maximum absolute atomic E-state index is 9.83. The van der Waals surface area contributed by atoms with Crippen molar-refractivity contribution in [2.24, 2.45) is 0 Å². The van der Waals surface area contributed by atoms with Crippen LogP contribution in [0.25, 0.3) is 11.5 Å². The Hall–Kier alpha value is -1.40. The van der Waals surface area contributed by atoms with Gasteiger partial charge in [0.15, 0.2) is 0 Å². The first-order valence-corrected chi connectivity index (χ1v) is 6.80. The third-order valence-corrected chi connectivity index (χ3v) is 3.19. The average Bonchev–Trinajstić information content (AvgIpc) is 2.88. The fraction of sp³-hybridized carbons (Fsp3) is 0.385. The Morgan fingerprint density at radius 1 is 1.47 bits per heavy atom. The number of aliphatic hydroxyl groups is 1. The van der Waals surface area contributed by atoms with Gasteiger partial charge in [-0.05, 0) is 24.6 Å². The molecule has 102 valence electrons. The van der Waals surface area contributed by atoms with Crippen LogP contribution >= 0.6 is 15.9 Å². The molecular formula is C13H15BrN2O3. The molecule has 0 aliphatic carbocycles. The molecule has 1 atom stereocenters. The van der Waals surface area contributed by atoms with E-state index in [0.29, 0.717) is 29.4 Å². The summed E-state index contributed by atoms with van der Waals surface area (Å²) in [5, 5.41) is 13.6. The Labute approximate surface area is 119 Å². The minimum absolute atomic E-state index is 0.307. The van der Waals surface area contributed by atoms with Gasteiger partial charge in [0.25, 0.3) is 5.89 Å². The van der Waals surface area contributed by atoms with E-state index in [9.17, 15) is 5.11 Å². The van der Waals surface area contributed by atoms with Gasteiger partial charge < -0.3 is 14.4 Å². The fourth-order valence-electron chi connectivity index (χ4n) is 1.72. The maximum atomic E-state index is 9.83. The van der Waals surface area contributed by atoms with Crippen LogP contribution in [-0.2, 0) is 0 Å². The predicted molar refractivity (Wildman–Crippen MR) is 73.9 cm³/mol. The summed E-state index contributed by atoms with van der Waals surface area (Å²) in [7, 11) is 1.58. The molecule has 6 heteroatoms. The third kappa shape index (κ3) is 3.13. The fourth-order valence-corrected chi connectivity index (χ4v) is 2.06. The van der Waals surface area contributed by atoms with Crippen LogP contribution in [-0.4, -0.2) is 22.4 Å². The van der Waals surface area contributed by atoms with Gasteiger partial charge in [-0.1, -0.05) is 34.4 Å². The zero-order valence-electron chi connectivity index (χ0n) is 10.8. The third-order valence-electron chi connectivity index (χ3n) is 2.70. The summed E-state index contributed by atoms with van der Waals surface area (Å²) < 4.78 is 11.4. The first-order chi connectivity index (χ1) is 9.15. The van der Waals surface area contributed by atoms with Crippen molar-refractivity contribution in [3.8, 4) is 17.2 Å². The lowest BCUT2D eigenvalue weighted by Gasteiger charge is -2.05. The van der Waals surface area contributed by atoms with Gasteiger partial charge in [0.2, 0.25) is 5.82 Å². The summed E-state index contributed by atoms with van der Waals surface area (Å²) in [6.45, 7) is 1.99. The zero-order chi connectivity index (χ0) is 13.8. The summed E-state index contributed by atoms with van der Waals surface area (Å²) in [6, 6.07) is 5.51. The van der Waals surface area contributed by atoms with Gasteiger partial charge in [0, 0.05) is 4.47 Å². The van der Waals surface area contributed by atoms with Crippen molar-refractivity contribution in [1.82, 2.24) is 10.1 Å². The van der Waals surface area contributed by atoms with Crippen LogP contribution in [0.3, 0.4) is 0 Å². The lowest BCUT2D eigenvalue weighted by atomic mass is 10.2. The summed E-state index contributed by atoms with van der Waals surface area (Å²) in [5.74, 6) is 1.28. The van der Waals surface area contributed by atoms with E-state index in [1.54, 1.807) is 7.11 Å². The number of nitrogens with zero attached hydrogens (tertiary/aromatic N) is 2. The van der Waals surface area contributed by atoms with Gasteiger partial charge in [0.1, 0.15) is 11.9 Å². The van der Waals surface area contributed by atoms with Crippen molar-refractivity contribution in [3.63, 3.8) is 0 Å². The molecule has 0 amide bonds. The highest BCUT2D eigenvalue weighted by Gasteiger charge is 2.18. The molecule has 5 nitrogen and oxygen atoms in total. The standard InChI is InChI=1S/C13H15BrN2O3/c1-3-4-10(17)12-15-13(19-16-12)9-6-5-8(14)7-11(9)18-2/h5-7,10,17H,3-4H2,1-2H3. The van der Waals surface area contributed by atoms with Crippen molar-refractivity contribution in [1.29, 1.82) is 0 Å². The number of hydrogen-bond donors (Lipinski definition) is 1. The second kappa shape index (κ2) is 6.16. The van der Waals surface area contributed by atoms with Gasteiger partial charge in [-0.2, -0.15) is 4.98 Å². The minimum Gasteiger partial charge on any atom is -0.496 e. The molecule has 0 fully saturated rings. The van der Waals surface area contributed by atoms with Crippen molar-refractivity contribution in [2.75, 3.05) is 7.11 Å². The summed E-state index contributed by atoms with van der Waals surface area (Å²) in [5.41, 5.74) is 0.702. The van der Waals surface area contributed by atoms with Gasteiger partial charge in [-0.15, -0.1) is 0 Å². The van der Waals surface area contributed by atoms with Crippen molar-refractivity contribution < 1.29 is 14.4 Å². The molecule has 0 bridgehead atoms. The Morgan fingerprint density at radius 3 is 2.95 bits per heavy atom. The Bertz CT molecular complexity index is 557. The number of aliphatic hydroxyl groups excluding tert-OH is 1. The lowest BCUT2D eigenvalue weighted by Crippen LogP contribution is -1.99. The van der Waals surface area contributed by atoms with Crippen molar-refractivity contribution >= 4 is 15.9 Å². The van der Waals surface area contributed by atoms with Crippen molar-refractivity contribution in [3.05, 3.63) is 28.5 Å². The van der Waals surface area contributed by atoms with Crippen LogP contribution in [0.5, 0.6) is 5.75 Å². The molecule has 2 aromatic rings. The molecule has 19 heavy (non-hydrogen) atoms. The van der Waals surface area contributed by atoms with Gasteiger partial charge in [-0.3, -0.25) is 0 Å². The number of methoxy groups -OCH3 is 1. The van der Waals surface area contributed by atoms with Crippen LogP contribution in [0, 0.1) is 0 Å². The smallest absolute Gasteiger partial charge is 0.261 e. The van der Waals surface area contributed by atoms with E-state index in [4.69, 9.17) is 9.26 Å². The average molecular weight is 327 g/mol. The van der Waals surface area contributed by atoms with E-state index in [1.165, 1.54) is 0 Å². The molecule has 0 spiro atoms. The second-order valence-corrected chi connectivity index (χ2v) is 5.02. The molecule has 1 unspecified atom stereocenters. The normalized spacial score (nSPS) is 12.4. The number of aromatic nitrogens is 2. The van der Waals surface area contributed by atoms with E-state index < -0.39 is 6.10 Å². The molecule has 0 aliphatic heterocycles. The van der Waals surface area contributed by atoms with Crippen LogP contribution in [0.2, 0.25) is 0 Å². The largest absolute Gasteiger partial charge is 0.496 e. The van der Waals surface area contributed by atoms with E-state index in [0.717, 1.165) is 10.9 Å². The summed E-state index contributed by atoms with van der Waals surface area (Å²) >= 11 is 3.37. The molecule has 0 saturated heterocycles. The Kier molecular flexibility index (Phi) is 4.55. The van der Waals surface area contributed by atoms with Gasteiger partial charge in [-0.25, -0.2) is 0 Å². The Morgan fingerprint density at radius 2 is 2.26 bits per heavy atom. The number of ether oxygens (including phenoxy) is 1. The van der Waals surface area contributed by atoms with E-state index in [-0.39, 0.29) is 0 Å². The molecule has 1 N–H and O–H groups in total. The van der Waals surface area contributed by atoms with Crippen LogP contribution < -0.4 is 4.74 Å². The molecule has 0 aliphatic rings. The second-order valence-electron chi connectivity index (χ2n) is 4.11. The molecule has 0 radical (unpaired) electrons. The van der Waals surface area contributed by atoms with E-state index in [2.05, 4.69) is 26.1 Å². The minimum atomic E-state index is -0.691. The highest BCUT2D eigenvalue weighted by molar-refractivity contribution is 9.10. The van der Waals surface area contributed by atoms with Crippen LogP contribution in [0.1, 0.15) is 31.7 Å². The SMILES string of the molecule is CCCC(O)c1noc(-c2ccc(Br)cc2OC)n1. The number of rotatable bonds is 5. The molecule has 1 aromatic carbocycles. The van der Waals surface area contributed by atoms with Gasteiger partial charge >= 0.3 is 0 Å². The molecule has 1 heterocycles. The number of halogens is 1. The van der Waals surface area contributed by atoms with Crippen LogP contribution in [0.15, 0.2) is 27.2 Å². The molecule has 2 rings (SSSR count). The highest BCUT2D eigenvalue weighted by atomic mass is 79.9. The number of benzene rings is 1. The quantitative estimate of drug-likeness (QED) is 0.912. The van der Waals surface area contributed by atoms with E-state index >= 15 is 0 Å². The van der Waals surface area contributed by atoms with Crippen molar-refractivity contribution in [2.45, 2.75) is 25.9 Å². The maximum Gasteiger partial charge on any atom is 0.261 e. The summed E-state index contributed by atoms with van der Waals surface area (Å²) in [4.78, 5) is 4.21. The molecular weight excluding hydrogens is 312 g/mol. The molecule has 1 aromatic heterocycles. The predicted octanol–water partition coefficient (Wildman–Crippen LogP) is 3.34. The topological polar surface area (TPSA) is 68.4 Å². The zero-order valence-corrected chi connectivity index (χ0v) is 12.3. The number of hydrogen-bond acceptors (Lipinski definition) is 5. The first-order valence-electron chi connectivity index (χ1n) is 6.01. The summed E-state index contributed by atoms with van der Waals surface area (Å²) in [6.07, 6.45) is 0.771. The lowest BCUT2D eigenvalue weighted by molar-refractivity contribution is 0.153. The van der Waals surface area contributed by atoms with Crippen LogP contribution in [0.4, 0.5) is 0 Å². The first kappa shape index (κ1) is 14.0. The highest BCUT2D eigenvalue weighted by Crippen LogP contribution is 2.32. The Balaban J connectivity index is 2.32. The monoisotopic (exact) mass is 326 g/mol. The van der Waals surface area contributed by atoms with E-state index in [1.807, 2.05) is 25.1 Å².